The summed E-state index contributed by atoms with van der Waals surface area (Å²) in [5, 5.41) is 10.3. The fourth-order valence-electron chi connectivity index (χ4n) is 4.47. The number of benzene rings is 2. The van der Waals surface area contributed by atoms with Crippen molar-refractivity contribution in [2.24, 2.45) is 0 Å². The van der Waals surface area contributed by atoms with Crippen molar-refractivity contribution < 1.29 is 4.79 Å². The number of aryl methyl sites for hydroxylation is 2. The van der Waals surface area contributed by atoms with Crippen molar-refractivity contribution in [2.45, 2.75) is 64.2 Å². The summed E-state index contributed by atoms with van der Waals surface area (Å²) >= 11 is 7.95. The lowest BCUT2D eigenvalue weighted by molar-refractivity contribution is -0.134. The van der Waals surface area contributed by atoms with Crippen molar-refractivity contribution in [3.05, 3.63) is 58.6 Å². The standard InChI is InChI=1S/C25H29ClN4OS/c1-16-12-13-17(2)22(14-16)30-24(20-10-5-6-11-21(20)26)27-28-25(30)32-15-23(31)29-18(3)8-7-9-19(29)4/h5-6,10-14,18-19H,7-9,15H2,1-4H3. The Kier molecular flexibility index (Phi) is 6.91. The Morgan fingerprint density at radius 2 is 1.81 bits per heavy atom. The Labute approximate surface area is 199 Å². The highest BCUT2D eigenvalue weighted by Gasteiger charge is 2.29. The number of hydrogen-bond acceptors (Lipinski definition) is 4. The number of likely N-dealkylation sites (tertiary alicyclic amines) is 1. The van der Waals surface area contributed by atoms with Crippen LogP contribution in [-0.2, 0) is 4.79 Å². The van der Waals surface area contributed by atoms with E-state index in [1.807, 2.05) is 33.7 Å². The third-order valence-electron chi connectivity index (χ3n) is 6.16. The summed E-state index contributed by atoms with van der Waals surface area (Å²) in [6.45, 7) is 8.43. The molecule has 0 bridgehead atoms. The third-order valence-corrected chi connectivity index (χ3v) is 7.40. The average Bonchev–Trinajstić information content (AvgIpc) is 3.17. The lowest BCUT2D eigenvalue weighted by Gasteiger charge is -2.39. The summed E-state index contributed by atoms with van der Waals surface area (Å²) in [6, 6.07) is 14.5. The van der Waals surface area contributed by atoms with Crippen LogP contribution in [0.5, 0.6) is 0 Å². The Balaban J connectivity index is 1.70. The van der Waals surface area contributed by atoms with Crippen LogP contribution in [0, 0.1) is 13.8 Å². The van der Waals surface area contributed by atoms with Crippen LogP contribution in [0.2, 0.25) is 5.02 Å². The molecular weight excluding hydrogens is 440 g/mol. The molecule has 3 aromatic rings. The van der Waals surface area contributed by atoms with E-state index < -0.39 is 0 Å². The number of nitrogens with zero attached hydrogens (tertiary/aromatic N) is 4. The van der Waals surface area contributed by atoms with E-state index in [1.165, 1.54) is 18.2 Å². The molecule has 1 aromatic heterocycles. The van der Waals surface area contributed by atoms with Crippen molar-refractivity contribution in [1.82, 2.24) is 19.7 Å². The molecule has 2 aromatic carbocycles. The predicted molar refractivity (Wildman–Crippen MR) is 132 cm³/mol. The molecular formula is C25H29ClN4OS. The van der Waals surface area contributed by atoms with E-state index in [2.05, 4.69) is 56.1 Å². The van der Waals surface area contributed by atoms with Gasteiger partial charge in [-0.15, -0.1) is 10.2 Å². The summed E-state index contributed by atoms with van der Waals surface area (Å²) < 4.78 is 2.03. The zero-order valence-corrected chi connectivity index (χ0v) is 20.6. The Morgan fingerprint density at radius 3 is 2.53 bits per heavy atom. The maximum Gasteiger partial charge on any atom is 0.233 e. The number of piperidine rings is 1. The number of rotatable bonds is 5. The van der Waals surface area contributed by atoms with Gasteiger partial charge in [0.1, 0.15) is 0 Å². The fraction of sp³-hybridized carbons (Fsp3) is 0.400. The van der Waals surface area contributed by atoms with Crippen LogP contribution in [-0.4, -0.2) is 43.4 Å². The number of carbonyl (C=O) groups excluding carboxylic acids is 1. The van der Waals surface area contributed by atoms with Gasteiger partial charge in [-0.2, -0.15) is 0 Å². The zero-order valence-electron chi connectivity index (χ0n) is 19.0. The van der Waals surface area contributed by atoms with Gasteiger partial charge in [-0.1, -0.05) is 47.6 Å². The molecule has 2 heterocycles. The maximum atomic E-state index is 13.1. The molecule has 1 amide bonds. The van der Waals surface area contributed by atoms with Crippen LogP contribution in [0.1, 0.15) is 44.2 Å². The van der Waals surface area contributed by atoms with Gasteiger partial charge in [0.25, 0.3) is 0 Å². The fourth-order valence-corrected chi connectivity index (χ4v) is 5.51. The van der Waals surface area contributed by atoms with E-state index >= 15 is 0 Å². The summed E-state index contributed by atoms with van der Waals surface area (Å²) in [4.78, 5) is 15.2. The molecule has 168 valence electrons. The van der Waals surface area contributed by atoms with Crippen LogP contribution in [0.15, 0.2) is 47.6 Å². The number of hydrogen-bond donors (Lipinski definition) is 0. The smallest absolute Gasteiger partial charge is 0.233 e. The molecule has 2 atom stereocenters. The monoisotopic (exact) mass is 468 g/mol. The number of amides is 1. The van der Waals surface area contributed by atoms with Crippen LogP contribution in [0.3, 0.4) is 0 Å². The van der Waals surface area contributed by atoms with Gasteiger partial charge >= 0.3 is 0 Å². The summed E-state index contributed by atoms with van der Waals surface area (Å²) in [7, 11) is 0. The first-order valence-corrected chi connectivity index (χ1v) is 12.4. The van der Waals surface area contributed by atoms with Crippen LogP contribution < -0.4 is 0 Å². The molecule has 0 radical (unpaired) electrons. The van der Waals surface area contributed by atoms with Gasteiger partial charge in [0.05, 0.1) is 16.5 Å². The molecule has 1 aliphatic rings. The Morgan fingerprint density at radius 1 is 1.09 bits per heavy atom. The minimum atomic E-state index is 0.157. The van der Waals surface area contributed by atoms with Gasteiger partial charge in [0, 0.05) is 17.6 Å². The Hall–Kier alpha value is -2.31. The highest BCUT2D eigenvalue weighted by molar-refractivity contribution is 7.99. The number of halogens is 1. The normalized spacial score (nSPS) is 18.7. The van der Waals surface area contributed by atoms with Gasteiger partial charge < -0.3 is 4.90 Å². The molecule has 4 rings (SSSR count). The zero-order chi connectivity index (χ0) is 22.8. The van der Waals surface area contributed by atoms with E-state index in [4.69, 9.17) is 11.6 Å². The van der Waals surface area contributed by atoms with Crippen LogP contribution in [0.25, 0.3) is 17.1 Å². The largest absolute Gasteiger partial charge is 0.337 e. The quantitative estimate of drug-likeness (QED) is 0.425. The average molecular weight is 469 g/mol. The molecule has 0 spiro atoms. The van der Waals surface area contributed by atoms with E-state index in [0.29, 0.717) is 21.8 Å². The molecule has 0 N–H and O–H groups in total. The second-order valence-electron chi connectivity index (χ2n) is 8.63. The molecule has 2 unspecified atom stereocenters. The third kappa shape index (κ3) is 4.57. The van der Waals surface area contributed by atoms with Gasteiger partial charge in [-0.25, -0.2) is 0 Å². The number of thioether (sulfide) groups is 1. The van der Waals surface area contributed by atoms with Crippen molar-refractivity contribution >= 4 is 29.3 Å². The van der Waals surface area contributed by atoms with Gasteiger partial charge in [0.2, 0.25) is 5.91 Å². The van der Waals surface area contributed by atoms with Gasteiger partial charge in [-0.3, -0.25) is 9.36 Å². The first-order valence-electron chi connectivity index (χ1n) is 11.1. The number of carbonyl (C=O) groups is 1. The van der Waals surface area contributed by atoms with Crippen LogP contribution >= 0.6 is 23.4 Å². The van der Waals surface area contributed by atoms with Gasteiger partial charge in [0.15, 0.2) is 11.0 Å². The van der Waals surface area contributed by atoms with Gasteiger partial charge in [-0.05, 0) is 76.3 Å². The summed E-state index contributed by atoms with van der Waals surface area (Å²) in [6.07, 6.45) is 3.31. The summed E-state index contributed by atoms with van der Waals surface area (Å²) in [5.74, 6) is 1.17. The van der Waals surface area contributed by atoms with Crippen molar-refractivity contribution in [3.8, 4) is 17.1 Å². The first kappa shape index (κ1) is 22.9. The number of aromatic nitrogens is 3. The molecule has 0 saturated carbocycles. The van der Waals surface area contributed by atoms with Crippen molar-refractivity contribution in [2.75, 3.05) is 5.75 Å². The maximum absolute atomic E-state index is 13.1. The van der Waals surface area contributed by atoms with E-state index in [0.717, 1.165) is 35.2 Å². The van der Waals surface area contributed by atoms with Crippen molar-refractivity contribution in [1.29, 1.82) is 0 Å². The lowest BCUT2D eigenvalue weighted by atomic mass is 9.98. The van der Waals surface area contributed by atoms with E-state index in [1.54, 1.807) is 0 Å². The predicted octanol–water partition coefficient (Wildman–Crippen LogP) is 6.09. The highest BCUT2D eigenvalue weighted by Crippen LogP contribution is 2.34. The Bertz CT molecular complexity index is 1120. The molecule has 0 aliphatic carbocycles. The highest BCUT2D eigenvalue weighted by atomic mass is 35.5. The molecule has 1 aliphatic heterocycles. The molecule has 32 heavy (non-hydrogen) atoms. The SMILES string of the molecule is Cc1ccc(C)c(-n2c(SCC(=O)N3C(C)CCCC3C)nnc2-c2ccccc2Cl)c1. The minimum Gasteiger partial charge on any atom is -0.337 e. The molecule has 5 nitrogen and oxygen atoms in total. The van der Waals surface area contributed by atoms with Crippen molar-refractivity contribution in [3.63, 3.8) is 0 Å². The molecule has 1 saturated heterocycles. The van der Waals surface area contributed by atoms with E-state index in [-0.39, 0.29) is 18.0 Å². The van der Waals surface area contributed by atoms with Crippen LogP contribution in [0.4, 0.5) is 0 Å². The molecule has 1 fully saturated rings. The lowest BCUT2D eigenvalue weighted by Crippen LogP contribution is -2.48. The molecule has 7 heteroatoms. The minimum absolute atomic E-state index is 0.157. The summed E-state index contributed by atoms with van der Waals surface area (Å²) in [5.41, 5.74) is 4.07. The first-order chi connectivity index (χ1) is 15.4. The topological polar surface area (TPSA) is 51.0 Å². The second-order valence-corrected chi connectivity index (χ2v) is 9.98. The second kappa shape index (κ2) is 9.67. The van der Waals surface area contributed by atoms with E-state index in [9.17, 15) is 4.79 Å².